The molecule has 0 aromatic carbocycles. The molecule has 3 atom stereocenters. The van der Waals surface area contributed by atoms with Crippen molar-refractivity contribution in [2.45, 2.75) is 72.0 Å². The zero-order chi connectivity index (χ0) is 22.6. The molecule has 0 heterocycles. The number of hydrogen-bond donors (Lipinski definition) is 6. The number of aldehydes is 1. The molecule has 0 rings (SSSR count). The lowest BCUT2D eigenvalue weighted by Crippen LogP contribution is -3.00. The number of rotatable bonds is 13. The topological polar surface area (TPSA) is 170 Å². The van der Waals surface area contributed by atoms with E-state index in [0.717, 1.165) is 0 Å². The fourth-order valence-corrected chi connectivity index (χ4v) is 2.74. The molecule has 0 aromatic rings. The zero-order valence-electron chi connectivity index (χ0n) is 18.5. The molecule has 0 aromatic heterocycles. The van der Waals surface area contributed by atoms with Gasteiger partial charge in [0, 0.05) is 6.92 Å². The smallest absolute Gasteiger partial charge is 0.338 e. The van der Waals surface area contributed by atoms with Crippen molar-refractivity contribution in [2.75, 3.05) is 6.54 Å². The SMILES string of the molecule is CC(=O)N[C@@H](CC(C)C)C(=O)N[C@H](C(=O)N[C@@H](CCC[NH+]=C(N)N)[13CH]=O)C(C)C.[Cl-]. The monoisotopic (exact) mass is 449 g/mol. The zero-order valence-corrected chi connectivity index (χ0v) is 19.2. The van der Waals surface area contributed by atoms with Crippen LogP contribution in [0.3, 0.4) is 0 Å². The first-order valence-corrected chi connectivity index (χ1v) is 9.92. The van der Waals surface area contributed by atoms with Crippen molar-refractivity contribution < 1.29 is 36.6 Å². The van der Waals surface area contributed by atoms with E-state index in [1.807, 2.05) is 13.8 Å². The summed E-state index contributed by atoms with van der Waals surface area (Å²) in [6.07, 6.45) is 2.07. The van der Waals surface area contributed by atoms with E-state index in [2.05, 4.69) is 20.9 Å². The molecule has 0 unspecified atom stereocenters. The Morgan fingerprint density at radius 3 is 2.03 bits per heavy atom. The van der Waals surface area contributed by atoms with Crippen LogP contribution < -0.4 is 44.8 Å². The lowest BCUT2D eigenvalue weighted by atomic mass is 9.99. The van der Waals surface area contributed by atoms with Crippen molar-refractivity contribution in [3.8, 4) is 0 Å². The number of amides is 3. The second-order valence-corrected chi connectivity index (χ2v) is 7.89. The molecule has 0 radical (unpaired) electrons. The molecule has 174 valence electrons. The molecule has 10 nitrogen and oxygen atoms in total. The first kappa shape index (κ1) is 29.8. The fourth-order valence-electron chi connectivity index (χ4n) is 2.74. The third-order valence-corrected chi connectivity index (χ3v) is 4.16. The number of nitrogens with one attached hydrogen (secondary N) is 4. The van der Waals surface area contributed by atoms with E-state index in [0.29, 0.717) is 32.1 Å². The van der Waals surface area contributed by atoms with Crippen LogP contribution in [0, 0.1) is 11.8 Å². The summed E-state index contributed by atoms with van der Waals surface area (Å²) < 4.78 is 0. The van der Waals surface area contributed by atoms with Gasteiger partial charge >= 0.3 is 5.96 Å². The van der Waals surface area contributed by atoms with Gasteiger partial charge in [0.2, 0.25) is 17.7 Å². The highest BCUT2D eigenvalue weighted by atomic mass is 35.5. The highest BCUT2D eigenvalue weighted by Crippen LogP contribution is 2.08. The van der Waals surface area contributed by atoms with E-state index in [1.165, 1.54) is 6.92 Å². The average molecular weight is 450 g/mol. The molecule has 11 heteroatoms. The molecule has 0 saturated heterocycles. The Bertz CT molecular complexity index is 594. The summed E-state index contributed by atoms with van der Waals surface area (Å²) in [4.78, 5) is 50.8. The van der Waals surface area contributed by atoms with E-state index in [9.17, 15) is 19.2 Å². The van der Waals surface area contributed by atoms with Gasteiger partial charge in [-0.3, -0.25) is 30.8 Å². The van der Waals surface area contributed by atoms with Crippen LogP contribution in [0.1, 0.15) is 53.9 Å². The Kier molecular flexibility index (Phi) is 15.4. The third kappa shape index (κ3) is 13.0. The maximum absolute atomic E-state index is 12.7. The van der Waals surface area contributed by atoms with Crippen LogP contribution in [0.2, 0.25) is 0 Å². The minimum absolute atomic E-state index is 0. The minimum Gasteiger partial charge on any atom is -1.00 e. The standard InChI is InChI=1S/C19H36N6O4.ClH/c1-11(2)9-15(23-13(5)27)17(28)25-16(12(3)4)18(29)24-14(10-26)7-6-8-22-19(20)21;/h10-12,14-16H,6-9H2,1-5H3,(H,23,27)(H,24,29)(H,25,28)(H4,20,21,22);1H/t14-,15-,16-;/m0./s1/i10+1;. The summed E-state index contributed by atoms with van der Waals surface area (Å²) in [5.41, 5.74) is 10.6. The number of nitrogens with two attached hydrogens (primary N) is 2. The summed E-state index contributed by atoms with van der Waals surface area (Å²) in [6, 6.07) is -2.25. The van der Waals surface area contributed by atoms with Gasteiger partial charge in [0.15, 0.2) is 0 Å². The van der Waals surface area contributed by atoms with Gasteiger partial charge in [-0.25, -0.2) is 0 Å². The molecule has 0 aliphatic rings. The Labute approximate surface area is 184 Å². The number of halogens is 1. The molecule has 8 N–H and O–H groups in total. The largest absolute Gasteiger partial charge is 1.00 e. The number of carbonyl (C=O) groups excluding carboxylic acids is 4. The molecule has 0 saturated carbocycles. The molecule has 0 bridgehead atoms. The quantitative estimate of drug-likeness (QED) is 0.0538. The van der Waals surface area contributed by atoms with E-state index < -0.39 is 29.9 Å². The third-order valence-electron chi connectivity index (χ3n) is 4.16. The van der Waals surface area contributed by atoms with Crippen LogP contribution >= 0.6 is 0 Å². The maximum Gasteiger partial charge on any atom is 0.338 e. The van der Waals surface area contributed by atoms with Gasteiger partial charge in [0.05, 0.1) is 12.6 Å². The molecule has 0 fully saturated rings. The Hall–Kier alpha value is -2.36. The van der Waals surface area contributed by atoms with Crippen LogP contribution in [0.4, 0.5) is 0 Å². The van der Waals surface area contributed by atoms with Crippen molar-refractivity contribution in [2.24, 2.45) is 23.3 Å². The van der Waals surface area contributed by atoms with Crippen LogP contribution in [-0.2, 0) is 19.2 Å². The second-order valence-electron chi connectivity index (χ2n) is 7.89. The molecule has 30 heavy (non-hydrogen) atoms. The Balaban J connectivity index is 0. The summed E-state index contributed by atoms with van der Waals surface area (Å²) in [7, 11) is 0. The second kappa shape index (κ2) is 15.5. The Morgan fingerprint density at radius 2 is 1.60 bits per heavy atom. The highest BCUT2D eigenvalue weighted by molar-refractivity contribution is 5.92. The summed E-state index contributed by atoms with van der Waals surface area (Å²) in [6.45, 7) is 9.27. The van der Waals surface area contributed by atoms with Crippen molar-refractivity contribution in [1.82, 2.24) is 16.0 Å². The fraction of sp³-hybridized carbons (Fsp3) is 0.737. The van der Waals surface area contributed by atoms with Crippen molar-refractivity contribution in [1.29, 1.82) is 0 Å². The van der Waals surface area contributed by atoms with Gasteiger partial charge in [-0.2, -0.15) is 0 Å². The lowest BCUT2D eigenvalue weighted by molar-refractivity contribution is -0.459. The predicted octanol–water partition coefficient (Wildman–Crippen LogP) is -5.50. The van der Waals surface area contributed by atoms with Gasteiger partial charge in [0.25, 0.3) is 0 Å². The van der Waals surface area contributed by atoms with E-state index in [1.54, 1.807) is 13.8 Å². The van der Waals surface area contributed by atoms with Crippen LogP contribution in [0.5, 0.6) is 0 Å². The van der Waals surface area contributed by atoms with Gasteiger partial charge in [-0.15, -0.1) is 0 Å². The molecular formula is C19H37ClN6O4. The number of carbonyl (C=O) groups is 4. The average Bonchev–Trinajstić information content (AvgIpc) is 2.59. The highest BCUT2D eigenvalue weighted by Gasteiger charge is 2.29. The van der Waals surface area contributed by atoms with Crippen LogP contribution in [-0.4, -0.2) is 54.6 Å². The lowest BCUT2D eigenvalue weighted by Gasteiger charge is -2.26. The predicted molar refractivity (Wildman–Crippen MR) is 110 cm³/mol. The van der Waals surface area contributed by atoms with Crippen molar-refractivity contribution in [3.63, 3.8) is 0 Å². The summed E-state index contributed by atoms with van der Waals surface area (Å²) in [5.74, 6) is -1.14. The van der Waals surface area contributed by atoms with Crippen molar-refractivity contribution >= 4 is 30.0 Å². The molecule has 0 spiro atoms. The van der Waals surface area contributed by atoms with Gasteiger partial charge < -0.3 is 33.2 Å². The van der Waals surface area contributed by atoms with E-state index >= 15 is 0 Å². The summed E-state index contributed by atoms with van der Waals surface area (Å²) in [5, 5.41) is 7.99. The number of hydrogen-bond acceptors (Lipinski definition) is 4. The minimum atomic E-state index is -0.834. The molecule has 0 aliphatic heterocycles. The van der Waals surface area contributed by atoms with Crippen LogP contribution in [0.25, 0.3) is 0 Å². The van der Waals surface area contributed by atoms with Crippen LogP contribution in [0.15, 0.2) is 0 Å². The van der Waals surface area contributed by atoms with Gasteiger partial charge in [0.1, 0.15) is 18.4 Å². The normalized spacial score (nSPS) is 13.4. The summed E-state index contributed by atoms with van der Waals surface area (Å²) >= 11 is 0. The number of guanidine groups is 1. The van der Waals surface area contributed by atoms with E-state index in [-0.39, 0.29) is 36.1 Å². The van der Waals surface area contributed by atoms with Gasteiger partial charge in [-0.1, -0.05) is 27.7 Å². The maximum atomic E-state index is 12.7. The van der Waals surface area contributed by atoms with Gasteiger partial charge in [-0.05, 0) is 31.1 Å². The van der Waals surface area contributed by atoms with Crippen molar-refractivity contribution in [3.05, 3.63) is 0 Å². The molecule has 0 aliphatic carbocycles. The molecular weight excluding hydrogens is 413 g/mol. The first-order valence-electron chi connectivity index (χ1n) is 9.92. The molecule has 3 amide bonds. The first-order chi connectivity index (χ1) is 13.5. The Morgan fingerprint density at radius 1 is 1.00 bits per heavy atom. The van der Waals surface area contributed by atoms with E-state index in [4.69, 9.17) is 11.5 Å².